The molecule has 0 atom stereocenters. The molecule has 2 rings (SSSR count). The zero-order valence-electron chi connectivity index (χ0n) is 13.7. The summed E-state index contributed by atoms with van der Waals surface area (Å²) in [5.74, 6) is -3.36. The van der Waals surface area contributed by atoms with Gasteiger partial charge in [0.15, 0.2) is 17.4 Å². The number of carbonyl (C=O) groups excluding carboxylic acids is 4. The monoisotopic (exact) mass is 335 g/mol. The molecule has 0 unspecified atom stereocenters. The smallest absolute Gasteiger partial charge is 0.332 e. The van der Waals surface area contributed by atoms with Crippen LogP contribution in [0.25, 0.3) is 0 Å². The summed E-state index contributed by atoms with van der Waals surface area (Å²) >= 11 is 0. The Balaban J connectivity index is 2.24. The van der Waals surface area contributed by atoms with Gasteiger partial charge in [0.25, 0.3) is 11.8 Å². The van der Waals surface area contributed by atoms with Crippen molar-refractivity contribution in [2.45, 2.75) is 0 Å². The quantitative estimate of drug-likeness (QED) is 0.794. The first-order valence-corrected chi connectivity index (χ1v) is 6.93. The Hall–Kier alpha value is -3.10. The van der Waals surface area contributed by atoms with E-state index < -0.39 is 29.7 Å². The molecule has 5 amide bonds. The lowest BCUT2D eigenvalue weighted by Gasteiger charge is -2.32. The van der Waals surface area contributed by atoms with Crippen LogP contribution in [-0.2, 0) is 14.4 Å². The molecule has 9 heteroatoms. The van der Waals surface area contributed by atoms with E-state index in [-0.39, 0.29) is 0 Å². The van der Waals surface area contributed by atoms with E-state index >= 15 is 0 Å². The number of benzene rings is 1. The largest absolute Gasteiger partial charge is 0.493 e. The Morgan fingerprint density at radius 3 is 2.04 bits per heavy atom. The summed E-state index contributed by atoms with van der Waals surface area (Å²) in [7, 11) is 5.33. The molecule has 1 heterocycles. The highest BCUT2D eigenvalue weighted by molar-refractivity contribution is 6.27. The van der Waals surface area contributed by atoms with Gasteiger partial charge in [0.2, 0.25) is 5.91 Å². The van der Waals surface area contributed by atoms with E-state index in [1.54, 1.807) is 6.07 Å². The van der Waals surface area contributed by atoms with Crippen LogP contribution < -0.4 is 14.8 Å². The zero-order chi connectivity index (χ0) is 18.0. The minimum Gasteiger partial charge on any atom is -0.493 e. The number of ether oxygens (including phenoxy) is 2. The summed E-state index contributed by atoms with van der Waals surface area (Å²) in [5, 5.41) is 2.47. The number of nitrogens with one attached hydrogen (secondary N) is 1. The second kappa shape index (κ2) is 6.57. The van der Waals surface area contributed by atoms with Crippen molar-refractivity contribution in [1.82, 2.24) is 9.80 Å². The maximum Gasteiger partial charge on any atom is 0.332 e. The molecule has 9 nitrogen and oxygen atoms in total. The predicted molar refractivity (Wildman–Crippen MR) is 82.6 cm³/mol. The zero-order valence-corrected chi connectivity index (χ0v) is 13.7. The van der Waals surface area contributed by atoms with Gasteiger partial charge in [0.1, 0.15) is 0 Å². The Morgan fingerprint density at radius 1 is 1.00 bits per heavy atom. The lowest BCUT2D eigenvalue weighted by atomic mass is 10.0. The van der Waals surface area contributed by atoms with Gasteiger partial charge in [0, 0.05) is 25.8 Å². The third kappa shape index (κ3) is 2.87. The molecule has 0 radical (unpaired) electrons. The van der Waals surface area contributed by atoms with Crippen molar-refractivity contribution in [2.75, 3.05) is 33.6 Å². The van der Waals surface area contributed by atoms with Gasteiger partial charge in [-0.05, 0) is 12.1 Å². The number of methoxy groups -OCH3 is 2. The summed E-state index contributed by atoms with van der Waals surface area (Å²) in [4.78, 5) is 49.7. The summed E-state index contributed by atoms with van der Waals surface area (Å²) in [5.41, 5.74) is 0.320. The fourth-order valence-corrected chi connectivity index (χ4v) is 2.26. The molecule has 1 aliphatic rings. The van der Waals surface area contributed by atoms with Gasteiger partial charge >= 0.3 is 6.03 Å². The van der Waals surface area contributed by atoms with Crippen LogP contribution in [0, 0.1) is 5.92 Å². The standard InChI is InChI=1S/C15H17N3O6/c1-17-13(20)11(14(21)18(2)15(17)22)12(19)16-8-5-6-9(23-3)10(7-8)24-4/h5-7,11H,1-4H3,(H,16,19). The van der Waals surface area contributed by atoms with Crippen molar-refractivity contribution >= 4 is 29.4 Å². The molecule has 0 bridgehead atoms. The highest BCUT2D eigenvalue weighted by atomic mass is 16.5. The van der Waals surface area contributed by atoms with Crippen molar-refractivity contribution in [1.29, 1.82) is 0 Å². The number of imide groups is 2. The van der Waals surface area contributed by atoms with Crippen molar-refractivity contribution in [3.63, 3.8) is 0 Å². The first-order valence-electron chi connectivity index (χ1n) is 6.93. The van der Waals surface area contributed by atoms with Crippen LogP contribution in [0.2, 0.25) is 0 Å². The predicted octanol–water partition coefficient (Wildman–Crippen LogP) is 0.309. The van der Waals surface area contributed by atoms with Crippen LogP contribution >= 0.6 is 0 Å². The van der Waals surface area contributed by atoms with Crippen molar-refractivity contribution < 1.29 is 28.7 Å². The maximum atomic E-state index is 12.4. The lowest BCUT2D eigenvalue weighted by molar-refractivity contribution is -0.151. The van der Waals surface area contributed by atoms with Crippen LogP contribution in [-0.4, -0.2) is 61.9 Å². The highest BCUT2D eigenvalue weighted by Gasteiger charge is 2.46. The average Bonchev–Trinajstić information content (AvgIpc) is 2.58. The van der Waals surface area contributed by atoms with E-state index in [9.17, 15) is 19.2 Å². The molecule has 0 aromatic heterocycles. The number of nitrogens with zero attached hydrogens (tertiary/aromatic N) is 2. The number of carbonyl (C=O) groups is 4. The second-order valence-electron chi connectivity index (χ2n) is 5.07. The Labute approximate surface area is 138 Å². The molecule has 128 valence electrons. The SMILES string of the molecule is COc1ccc(NC(=O)C2C(=O)N(C)C(=O)N(C)C2=O)cc1OC. The molecule has 0 aliphatic carbocycles. The van der Waals surface area contributed by atoms with Gasteiger partial charge in [-0.3, -0.25) is 24.2 Å². The molecule has 1 N–H and O–H groups in total. The van der Waals surface area contributed by atoms with E-state index in [0.29, 0.717) is 17.2 Å². The van der Waals surface area contributed by atoms with Gasteiger partial charge in [-0.2, -0.15) is 0 Å². The molecule has 24 heavy (non-hydrogen) atoms. The molecule has 0 spiro atoms. The normalized spacial score (nSPS) is 15.6. The number of urea groups is 1. The fraction of sp³-hybridized carbons (Fsp3) is 0.333. The topological polar surface area (TPSA) is 105 Å². The first kappa shape index (κ1) is 17.3. The van der Waals surface area contributed by atoms with Crippen molar-refractivity contribution in [2.24, 2.45) is 5.92 Å². The van der Waals surface area contributed by atoms with E-state index in [1.807, 2.05) is 0 Å². The highest BCUT2D eigenvalue weighted by Crippen LogP contribution is 2.30. The van der Waals surface area contributed by atoms with Gasteiger partial charge in [-0.1, -0.05) is 0 Å². The fourth-order valence-electron chi connectivity index (χ4n) is 2.26. The van der Waals surface area contributed by atoms with Crippen LogP contribution in [0.1, 0.15) is 0 Å². The Morgan fingerprint density at radius 2 is 1.54 bits per heavy atom. The summed E-state index contributed by atoms with van der Waals surface area (Å²) < 4.78 is 10.2. The van der Waals surface area contributed by atoms with Crippen molar-refractivity contribution in [3.8, 4) is 11.5 Å². The minimum atomic E-state index is -1.62. The molecule has 1 aliphatic heterocycles. The molecular formula is C15H17N3O6. The maximum absolute atomic E-state index is 12.4. The average molecular weight is 335 g/mol. The summed E-state index contributed by atoms with van der Waals surface area (Å²) in [6.45, 7) is 0. The van der Waals surface area contributed by atoms with Gasteiger partial charge in [-0.15, -0.1) is 0 Å². The molecular weight excluding hydrogens is 318 g/mol. The van der Waals surface area contributed by atoms with E-state index in [1.165, 1.54) is 40.4 Å². The number of anilines is 1. The lowest BCUT2D eigenvalue weighted by Crippen LogP contribution is -2.59. The van der Waals surface area contributed by atoms with Gasteiger partial charge < -0.3 is 14.8 Å². The molecule has 0 saturated carbocycles. The van der Waals surface area contributed by atoms with Crippen molar-refractivity contribution in [3.05, 3.63) is 18.2 Å². The number of barbiturate groups is 1. The Bertz CT molecular complexity index is 693. The third-order valence-electron chi connectivity index (χ3n) is 3.64. The number of rotatable bonds is 4. The molecule has 1 fully saturated rings. The second-order valence-corrected chi connectivity index (χ2v) is 5.07. The summed E-state index contributed by atoms with van der Waals surface area (Å²) in [6, 6.07) is 3.82. The number of hydrogen-bond donors (Lipinski definition) is 1. The van der Waals surface area contributed by atoms with Crippen LogP contribution in [0.15, 0.2) is 18.2 Å². The van der Waals surface area contributed by atoms with Gasteiger partial charge in [-0.25, -0.2) is 4.79 Å². The van der Waals surface area contributed by atoms with Crippen LogP contribution in [0.4, 0.5) is 10.5 Å². The van der Waals surface area contributed by atoms with E-state index in [0.717, 1.165) is 9.80 Å². The number of hydrogen-bond acceptors (Lipinski definition) is 6. The third-order valence-corrected chi connectivity index (χ3v) is 3.64. The van der Waals surface area contributed by atoms with Gasteiger partial charge in [0.05, 0.1) is 14.2 Å². The molecule has 1 aromatic carbocycles. The van der Waals surface area contributed by atoms with E-state index in [4.69, 9.17) is 9.47 Å². The molecule has 1 saturated heterocycles. The van der Waals surface area contributed by atoms with E-state index in [2.05, 4.69) is 5.32 Å². The molecule has 1 aromatic rings. The Kier molecular flexibility index (Phi) is 4.72. The first-order chi connectivity index (χ1) is 11.3. The summed E-state index contributed by atoms with van der Waals surface area (Å²) in [6.07, 6.45) is 0. The van der Waals surface area contributed by atoms with Crippen LogP contribution in [0.3, 0.4) is 0 Å². The van der Waals surface area contributed by atoms with Crippen LogP contribution in [0.5, 0.6) is 11.5 Å². The minimum absolute atomic E-state index is 0.320. The number of amides is 5.